The normalized spacial score (nSPS) is 15.6. The predicted molar refractivity (Wildman–Crippen MR) is 82.4 cm³/mol. The molecule has 6 heteroatoms. The third-order valence-electron chi connectivity index (χ3n) is 3.46. The van der Waals surface area contributed by atoms with Gasteiger partial charge in [-0.25, -0.2) is 4.79 Å². The van der Waals surface area contributed by atoms with Gasteiger partial charge in [0.15, 0.2) is 0 Å². The van der Waals surface area contributed by atoms with Gasteiger partial charge in [-0.15, -0.1) is 0 Å². The second-order valence-corrected chi connectivity index (χ2v) is 5.83. The van der Waals surface area contributed by atoms with Gasteiger partial charge in [0.05, 0.1) is 0 Å². The third kappa shape index (κ3) is 3.72. The highest BCUT2D eigenvalue weighted by molar-refractivity contribution is 5.98. The van der Waals surface area contributed by atoms with E-state index >= 15 is 0 Å². The number of hydrogen-bond donors (Lipinski definition) is 3. The number of benzene rings is 1. The van der Waals surface area contributed by atoms with Crippen molar-refractivity contribution in [3.05, 3.63) is 29.8 Å². The molecule has 1 aromatic rings. The summed E-state index contributed by atoms with van der Waals surface area (Å²) < 4.78 is 0. The van der Waals surface area contributed by atoms with Crippen LogP contribution in [-0.4, -0.2) is 37.1 Å². The number of carbonyl (C=O) groups excluding carboxylic acids is 2. The smallest absolute Gasteiger partial charge is 0.321 e. The lowest BCUT2D eigenvalue weighted by molar-refractivity contribution is 0.0915. The van der Waals surface area contributed by atoms with Crippen LogP contribution in [0.3, 0.4) is 0 Å². The molecule has 1 heterocycles. The fraction of sp³-hybridized carbons (Fsp3) is 0.467. The van der Waals surface area contributed by atoms with Gasteiger partial charge in [-0.3, -0.25) is 9.69 Å². The second kappa shape index (κ2) is 6.13. The Morgan fingerprint density at radius 2 is 2.24 bits per heavy atom. The summed E-state index contributed by atoms with van der Waals surface area (Å²) in [7, 11) is 0. The quantitative estimate of drug-likeness (QED) is 0.775. The molecule has 1 saturated heterocycles. The Hall–Kier alpha value is -2.08. The Morgan fingerprint density at radius 1 is 1.48 bits per heavy atom. The number of nitrogens with one attached hydrogen (secondary N) is 2. The first-order valence-corrected chi connectivity index (χ1v) is 7.11. The van der Waals surface area contributed by atoms with Crippen LogP contribution in [-0.2, 0) is 0 Å². The van der Waals surface area contributed by atoms with Gasteiger partial charge in [0.2, 0.25) is 0 Å². The standard InChI is InChI=1S/C15H22N4O2/c1-15(2,10-16)18-13(20)11-5-3-6-12(9-11)19-8-4-7-17-14(19)21/h3,5-6,9H,4,7-8,10,16H2,1-2H3,(H,17,21)(H,18,20). The number of rotatable bonds is 4. The molecule has 3 amide bonds. The minimum Gasteiger partial charge on any atom is -0.346 e. The molecule has 0 aromatic heterocycles. The highest BCUT2D eigenvalue weighted by Gasteiger charge is 2.22. The monoisotopic (exact) mass is 290 g/mol. The highest BCUT2D eigenvalue weighted by atomic mass is 16.2. The highest BCUT2D eigenvalue weighted by Crippen LogP contribution is 2.18. The first-order chi connectivity index (χ1) is 9.93. The summed E-state index contributed by atoms with van der Waals surface area (Å²) >= 11 is 0. The lowest BCUT2D eigenvalue weighted by atomic mass is 10.0. The Labute approximate surface area is 124 Å². The molecule has 21 heavy (non-hydrogen) atoms. The van der Waals surface area contributed by atoms with Crippen molar-refractivity contribution in [3.63, 3.8) is 0 Å². The van der Waals surface area contributed by atoms with Gasteiger partial charge in [0.25, 0.3) is 5.91 Å². The lowest BCUT2D eigenvalue weighted by Gasteiger charge is -2.28. The van der Waals surface area contributed by atoms with Crippen LogP contribution in [0.1, 0.15) is 30.6 Å². The summed E-state index contributed by atoms with van der Waals surface area (Å²) in [5.74, 6) is -0.190. The average Bonchev–Trinajstić information content (AvgIpc) is 2.47. The minimum absolute atomic E-state index is 0.124. The Morgan fingerprint density at radius 3 is 2.90 bits per heavy atom. The van der Waals surface area contributed by atoms with E-state index in [0.717, 1.165) is 12.1 Å². The summed E-state index contributed by atoms with van der Waals surface area (Å²) in [5, 5.41) is 5.68. The van der Waals surface area contributed by atoms with Gasteiger partial charge < -0.3 is 16.4 Å². The molecule has 1 aliphatic rings. The van der Waals surface area contributed by atoms with Gasteiger partial charge >= 0.3 is 6.03 Å². The van der Waals surface area contributed by atoms with E-state index in [0.29, 0.717) is 25.2 Å². The number of nitrogens with two attached hydrogens (primary N) is 1. The molecule has 0 unspecified atom stereocenters. The number of amides is 3. The van der Waals surface area contributed by atoms with Crippen LogP contribution in [0.4, 0.5) is 10.5 Å². The summed E-state index contributed by atoms with van der Waals surface area (Å²) in [5.41, 5.74) is 6.41. The van der Waals surface area contributed by atoms with Crippen molar-refractivity contribution in [1.82, 2.24) is 10.6 Å². The maximum absolute atomic E-state index is 12.2. The average molecular weight is 290 g/mol. The second-order valence-electron chi connectivity index (χ2n) is 5.83. The molecule has 1 aromatic carbocycles. The Kier molecular flexibility index (Phi) is 4.47. The van der Waals surface area contributed by atoms with E-state index in [-0.39, 0.29) is 11.9 Å². The van der Waals surface area contributed by atoms with Crippen LogP contribution in [0.5, 0.6) is 0 Å². The van der Waals surface area contributed by atoms with Crippen molar-refractivity contribution in [2.45, 2.75) is 25.8 Å². The van der Waals surface area contributed by atoms with Crippen LogP contribution in [0.15, 0.2) is 24.3 Å². The van der Waals surface area contributed by atoms with Crippen LogP contribution in [0, 0.1) is 0 Å². The molecule has 0 saturated carbocycles. The van der Waals surface area contributed by atoms with Crippen molar-refractivity contribution in [2.75, 3.05) is 24.5 Å². The van der Waals surface area contributed by atoms with Crippen LogP contribution in [0.25, 0.3) is 0 Å². The number of hydrogen-bond acceptors (Lipinski definition) is 3. The van der Waals surface area contributed by atoms with E-state index in [1.165, 1.54) is 0 Å². The summed E-state index contributed by atoms with van der Waals surface area (Å²) in [6, 6.07) is 6.94. The van der Waals surface area contributed by atoms with E-state index in [1.807, 2.05) is 19.9 Å². The molecule has 0 atom stereocenters. The van der Waals surface area contributed by atoms with Crippen molar-refractivity contribution in [3.8, 4) is 0 Å². The van der Waals surface area contributed by atoms with Crippen molar-refractivity contribution in [2.24, 2.45) is 5.73 Å². The van der Waals surface area contributed by atoms with E-state index in [9.17, 15) is 9.59 Å². The zero-order chi connectivity index (χ0) is 15.5. The topological polar surface area (TPSA) is 87.5 Å². The fourth-order valence-electron chi connectivity index (χ4n) is 2.12. The van der Waals surface area contributed by atoms with E-state index in [4.69, 9.17) is 5.73 Å². The van der Waals surface area contributed by atoms with Gasteiger partial charge in [0, 0.05) is 36.4 Å². The largest absolute Gasteiger partial charge is 0.346 e. The summed E-state index contributed by atoms with van der Waals surface area (Å²) in [6.07, 6.45) is 0.891. The molecular formula is C15H22N4O2. The molecule has 1 fully saturated rings. The Bertz CT molecular complexity index is 542. The maximum Gasteiger partial charge on any atom is 0.321 e. The first kappa shape index (κ1) is 15.3. The van der Waals surface area contributed by atoms with E-state index < -0.39 is 5.54 Å². The molecule has 114 valence electrons. The molecule has 6 nitrogen and oxygen atoms in total. The zero-order valence-electron chi connectivity index (χ0n) is 12.5. The lowest BCUT2D eigenvalue weighted by Crippen LogP contribution is -2.49. The number of urea groups is 1. The molecule has 0 aliphatic carbocycles. The molecular weight excluding hydrogens is 268 g/mol. The number of nitrogens with zero attached hydrogens (tertiary/aromatic N) is 1. The van der Waals surface area contributed by atoms with Gasteiger partial charge in [0.1, 0.15) is 0 Å². The SMILES string of the molecule is CC(C)(CN)NC(=O)c1cccc(N2CCCNC2=O)c1. The van der Waals surface area contributed by atoms with E-state index in [1.54, 1.807) is 23.1 Å². The Balaban J connectivity index is 2.17. The van der Waals surface area contributed by atoms with Crippen LogP contribution < -0.4 is 21.3 Å². The molecule has 0 radical (unpaired) electrons. The maximum atomic E-state index is 12.2. The number of anilines is 1. The predicted octanol–water partition coefficient (Wildman–Crippen LogP) is 1.07. The van der Waals surface area contributed by atoms with Crippen molar-refractivity contribution in [1.29, 1.82) is 0 Å². The summed E-state index contributed by atoms with van der Waals surface area (Å²) in [4.78, 5) is 25.7. The summed E-state index contributed by atoms with van der Waals surface area (Å²) in [6.45, 7) is 5.44. The molecule has 0 bridgehead atoms. The first-order valence-electron chi connectivity index (χ1n) is 7.11. The third-order valence-corrected chi connectivity index (χ3v) is 3.46. The number of carbonyl (C=O) groups is 2. The van der Waals surface area contributed by atoms with Crippen molar-refractivity contribution >= 4 is 17.6 Å². The van der Waals surface area contributed by atoms with Crippen LogP contribution in [0.2, 0.25) is 0 Å². The molecule has 0 spiro atoms. The minimum atomic E-state index is -0.463. The van der Waals surface area contributed by atoms with Crippen molar-refractivity contribution < 1.29 is 9.59 Å². The van der Waals surface area contributed by atoms with Crippen LogP contribution >= 0.6 is 0 Å². The van der Waals surface area contributed by atoms with Gasteiger partial charge in [-0.1, -0.05) is 6.07 Å². The zero-order valence-corrected chi connectivity index (χ0v) is 12.5. The fourth-order valence-corrected chi connectivity index (χ4v) is 2.12. The molecule has 2 rings (SSSR count). The van der Waals surface area contributed by atoms with E-state index in [2.05, 4.69) is 10.6 Å². The molecule has 1 aliphatic heterocycles. The van der Waals surface area contributed by atoms with Gasteiger partial charge in [-0.05, 0) is 38.5 Å². The molecule has 4 N–H and O–H groups in total. The van der Waals surface area contributed by atoms with Gasteiger partial charge in [-0.2, -0.15) is 0 Å².